The second-order valence-corrected chi connectivity index (χ2v) is 7.03. The standard InChI is InChI=1S/C23H30O3/c1-5-26-23(24)21(15-17(2)3)20(16-18-11-7-6-8-12-18)19-13-9-10-14-22(19)25-4/h6-14,17,20-21H,5,15-16H2,1-4H3. The van der Waals surface area contributed by atoms with E-state index in [1.807, 2.05) is 43.3 Å². The van der Waals surface area contributed by atoms with Crippen molar-refractivity contribution in [1.29, 1.82) is 0 Å². The normalized spacial score (nSPS) is 13.3. The van der Waals surface area contributed by atoms with Crippen molar-refractivity contribution in [2.24, 2.45) is 11.8 Å². The van der Waals surface area contributed by atoms with Crippen molar-refractivity contribution in [1.82, 2.24) is 0 Å². The van der Waals surface area contributed by atoms with E-state index in [4.69, 9.17) is 9.47 Å². The molecule has 0 amide bonds. The van der Waals surface area contributed by atoms with Crippen LogP contribution in [0.4, 0.5) is 0 Å². The molecule has 140 valence electrons. The van der Waals surface area contributed by atoms with Crippen LogP contribution in [0, 0.1) is 11.8 Å². The predicted octanol–water partition coefficient (Wildman–Crippen LogP) is 5.25. The van der Waals surface area contributed by atoms with Gasteiger partial charge in [-0.25, -0.2) is 0 Å². The van der Waals surface area contributed by atoms with Crippen LogP contribution in [0.2, 0.25) is 0 Å². The quantitative estimate of drug-likeness (QED) is 0.577. The van der Waals surface area contributed by atoms with Gasteiger partial charge >= 0.3 is 5.97 Å². The summed E-state index contributed by atoms with van der Waals surface area (Å²) in [6.07, 6.45) is 1.56. The molecule has 0 fully saturated rings. The minimum absolute atomic E-state index is 0.00926. The van der Waals surface area contributed by atoms with Gasteiger partial charge in [-0.05, 0) is 42.9 Å². The summed E-state index contributed by atoms with van der Waals surface area (Å²) in [4.78, 5) is 12.8. The first kappa shape index (κ1) is 20.0. The second-order valence-electron chi connectivity index (χ2n) is 7.03. The van der Waals surface area contributed by atoms with Crippen LogP contribution in [0.15, 0.2) is 54.6 Å². The molecule has 2 unspecified atom stereocenters. The van der Waals surface area contributed by atoms with Crippen LogP contribution < -0.4 is 4.74 Å². The highest BCUT2D eigenvalue weighted by Gasteiger charge is 2.33. The molecule has 0 radical (unpaired) electrons. The van der Waals surface area contributed by atoms with E-state index in [9.17, 15) is 4.79 Å². The Morgan fingerprint density at radius 3 is 2.27 bits per heavy atom. The number of esters is 1. The van der Waals surface area contributed by atoms with E-state index >= 15 is 0 Å². The molecule has 2 rings (SSSR count). The fourth-order valence-corrected chi connectivity index (χ4v) is 3.49. The molecule has 0 heterocycles. The molecule has 26 heavy (non-hydrogen) atoms. The van der Waals surface area contributed by atoms with Gasteiger partial charge < -0.3 is 9.47 Å². The first-order chi connectivity index (χ1) is 12.6. The molecule has 0 bridgehead atoms. The molecular weight excluding hydrogens is 324 g/mol. The van der Waals surface area contributed by atoms with Crippen LogP contribution in [0.1, 0.15) is 44.2 Å². The smallest absolute Gasteiger partial charge is 0.309 e. The number of methoxy groups -OCH3 is 1. The Balaban J connectivity index is 2.47. The largest absolute Gasteiger partial charge is 0.496 e. The van der Waals surface area contributed by atoms with E-state index in [0.717, 1.165) is 24.2 Å². The van der Waals surface area contributed by atoms with E-state index in [-0.39, 0.29) is 17.8 Å². The monoisotopic (exact) mass is 354 g/mol. The number of para-hydroxylation sites is 1. The van der Waals surface area contributed by atoms with Gasteiger partial charge in [0.2, 0.25) is 0 Å². The zero-order valence-corrected chi connectivity index (χ0v) is 16.3. The summed E-state index contributed by atoms with van der Waals surface area (Å²) in [5.41, 5.74) is 2.28. The van der Waals surface area contributed by atoms with Gasteiger partial charge in [0.05, 0.1) is 19.6 Å². The molecule has 0 spiro atoms. The van der Waals surface area contributed by atoms with Gasteiger partial charge in [0.15, 0.2) is 0 Å². The lowest BCUT2D eigenvalue weighted by atomic mass is 9.77. The summed E-state index contributed by atoms with van der Waals surface area (Å²) in [5.74, 6) is 0.915. The van der Waals surface area contributed by atoms with Crippen LogP contribution in [-0.2, 0) is 16.0 Å². The summed E-state index contributed by atoms with van der Waals surface area (Å²) in [7, 11) is 1.68. The highest BCUT2D eigenvalue weighted by Crippen LogP contribution is 2.38. The van der Waals surface area contributed by atoms with Crippen LogP contribution in [0.3, 0.4) is 0 Å². The van der Waals surface area contributed by atoms with Crippen molar-refractivity contribution in [3.63, 3.8) is 0 Å². The fourth-order valence-electron chi connectivity index (χ4n) is 3.49. The molecule has 0 saturated carbocycles. The Bertz CT molecular complexity index is 679. The number of carbonyl (C=O) groups is 1. The molecule has 0 aliphatic rings. The Morgan fingerprint density at radius 1 is 1.00 bits per heavy atom. The number of rotatable bonds is 9. The SMILES string of the molecule is CCOC(=O)C(CC(C)C)C(Cc1ccccc1)c1ccccc1OC. The third-order valence-electron chi connectivity index (χ3n) is 4.64. The molecule has 0 saturated heterocycles. The van der Waals surface area contributed by atoms with Crippen molar-refractivity contribution in [3.05, 3.63) is 65.7 Å². The second kappa shape index (κ2) is 10.0. The van der Waals surface area contributed by atoms with Gasteiger partial charge in [-0.15, -0.1) is 0 Å². The highest BCUT2D eigenvalue weighted by atomic mass is 16.5. The van der Waals surface area contributed by atoms with Crippen LogP contribution in [-0.4, -0.2) is 19.7 Å². The number of hydrogen-bond donors (Lipinski definition) is 0. The lowest BCUT2D eigenvalue weighted by molar-refractivity contribution is -0.149. The lowest BCUT2D eigenvalue weighted by Gasteiger charge is -2.28. The molecule has 3 nitrogen and oxygen atoms in total. The molecule has 0 aromatic heterocycles. The topological polar surface area (TPSA) is 35.5 Å². The molecule has 2 aromatic rings. The average Bonchev–Trinajstić information content (AvgIpc) is 2.65. The summed E-state index contributed by atoms with van der Waals surface area (Å²) in [5, 5.41) is 0. The zero-order chi connectivity index (χ0) is 18.9. The van der Waals surface area contributed by atoms with E-state index in [1.54, 1.807) is 7.11 Å². The van der Waals surface area contributed by atoms with Gasteiger partial charge in [0, 0.05) is 5.92 Å². The van der Waals surface area contributed by atoms with Crippen molar-refractivity contribution in [2.75, 3.05) is 13.7 Å². The maximum Gasteiger partial charge on any atom is 0.309 e. The summed E-state index contributed by atoms with van der Waals surface area (Å²) in [6.45, 7) is 6.55. The Morgan fingerprint density at radius 2 is 1.65 bits per heavy atom. The lowest BCUT2D eigenvalue weighted by Crippen LogP contribution is -2.28. The Labute approximate surface area is 157 Å². The van der Waals surface area contributed by atoms with Crippen molar-refractivity contribution >= 4 is 5.97 Å². The van der Waals surface area contributed by atoms with Gasteiger partial charge in [-0.3, -0.25) is 4.79 Å². The van der Waals surface area contributed by atoms with Crippen molar-refractivity contribution in [3.8, 4) is 5.75 Å². The number of ether oxygens (including phenoxy) is 2. The molecule has 0 N–H and O–H groups in total. The molecule has 2 aromatic carbocycles. The number of hydrogen-bond acceptors (Lipinski definition) is 3. The van der Waals surface area contributed by atoms with Gasteiger partial charge in [-0.1, -0.05) is 62.4 Å². The number of carbonyl (C=O) groups excluding carboxylic acids is 1. The molecule has 3 heteroatoms. The average molecular weight is 354 g/mol. The summed E-state index contributed by atoms with van der Waals surface area (Å²) < 4.78 is 11.0. The van der Waals surface area contributed by atoms with Gasteiger partial charge in [-0.2, -0.15) is 0 Å². The van der Waals surface area contributed by atoms with Crippen LogP contribution in [0.5, 0.6) is 5.75 Å². The Kier molecular flexibility index (Phi) is 7.71. The summed E-state index contributed by atoms with van der Waals surface area (Å²) in [6, 6.07) is 18.3. The van der Waals surface area contributed by atoms with Crippen molar-refractivity contribution in [2.45, 2.75) is 39.5 Å². The molecular formula is C23H30O3. The minimum Gasteiger partial charge on any atom is -0.496 e. The maximum atomic E-state index is 12.8. The first-order valence-corrected chi connectivity index (χ1v) is 9.40. The first-order valence-electron chi connectivity index (χ1n) is 9.40. The van der Waals surface area contributed by atoms with Gasteiger partial charge in [0.1, 0.15) is 5.75 Å². The van der Waals surface area contributed by atoms with Crippen molar-refractivity contribution < 1.29 is 14.3 Å². The van der Waals surface area contributed by atoms with Crippen LogP contribution >= 0.6 is 0 Å². The maximum absolute atomic E-state index is 12.8. The van der Waals surface area contributed by atoms with E-state index in [1.165, 1.54) is 5.56 Å². The minimum atomic E-state index is -0.202. The van der Waals surface area contributed by atoms with E-state index in [2.05, 4.69) is 32.0 Å². The van der Waals surface area contributed by atoms with Crippen LogP contribution in [0.25, 0.3) is 0 Å². The van der Waals surface area contributed by atoms with Gasteiger partial charge in [0.25, 0.3) is 0 Å². The molecule has 2 atom stereocenters. The molecule has 0 aliphatic carbocycles. The fraction of sp³-hybridized carbons (Fsp3) is 0.435. The summed E-state index contributed by atoms with van der Waals surface area (Å²) >= 11 is 0. The van der Waals surface area contributed by atoms with E-state index in [0.29, 0.717) is 12.5 Å². The third-order valence-corrected chi connectivity index (χ3v) is 4.64. The molecule has 0 aliphatic heterocycles. The highest BCUT2D eigenvalue weighted by molar-refractivity contribution is 5.74. The number of benzene rings is 2. The van der Waals surface area contributed by atoms with E-state index < -0.39 is 0 Å². The predicted molar refractivity (Wildman–Crippen MR) is 105 cm³/mol. The Hall–Kier alpha value is -2.29. The third kappa shape index (κ3) is 5.35. The zero-order valence-electron chi connectivity index (χ0n) is 16.3.